The first-order chi connectivity index (χ1) is 7.68. The third-order valence-corrected chi connectivity index (χ3v) is 2.93. The Bertz CT molecular complexity index is 400. The van der Waals surface area contributed by atoms with Crippen LogP contribution in [0.25, 0.3) is 0 Å². The van der Waals surface area contributed by atoms with Crippen LogP contribution in [-0.2, 0) is 0 Å². The maximum Gasteiger partial charge on any atom is 0.248 e. The molecule has 0 bridgehead atoms. The van der Waals surface area contributed by atoms with Crippen molar-refractivity contribution in [1.29, 1.82) is 0 Å². The van der Waals surface area contributed by atoms with E-state index in [0.29, 0.717) is 5.69 Å². The molecule has 4 heteroatoms. The van der Waals surface area contributed by atoms with Gasteiger partial charge in [-0.05, 0) is 37.5 Å². The number of carbonyl (C=O) groups excluding carboxylic acids is 1. The molecular weight excluding hydrogens is 207 g/mol. The topological polar surface area (TPSA) is 46.3 Å². The fraction of sp³-hybridized carbons (Fsp3) is 0.417. The quantitative estimate of drug-likeness (QED) is 0.830. The Labute approximate surface area is 94.0 Å². The van der Waals surface area contributed by atoms with Gasteiger partial charge in [-0.3, -0.25) is 4.79 Å². The third kappa shape index (κ3) is 2.15. The molecule has 1 fully saturated rings. The molecule has 0 atom stereocenters. The average molecular weight is 222 g/mol. The lowest BCUT2D eigenvalue weighted by Crippen LogP contribution is -2.30. The van der Waals surface area contributed by atoms with E-state index in [4.69, 9.17) is 5.73 Å². The van der Waals surface area contributed by atoms with Crippen molar-refractivity contribution in [3.05, 3.63) is 29.6 Å². The Morgan fingerprint density at radius 1 is 1.25 bits per heavy atom. The summed E-state index contributed by atoms with van der Waals surface area (Å²) >= 11 is 0. The second kappa shape index (κ2) is 4.51. The monoisotopic (exact) mass is 222 g/mol. The zero-order chi connectivity index (χ0) is 11.5. The van der Waals surface area contributed by atoms with Crippen LogP contribution in [0.2, 0.25) is 0 Å². The van der Waals surface area contributed by atoms with Crippen LogP contribution in [0.3, 0.4) is 0 Å². The van der Waals surface area contributed by atoms with Crippen LogP contribution in [0.1, 0.15) is 29.6 Å². The Morgan fingerprint density at radius 2 is 1.94 bits per heavy atom. The number of benzene rings is 1. The summed E-state index contributed by atoms with van der Waals surface area (Å²) in [5.41, 5.74) is 5.89. The number of hydrogen-bond acceptors (Lipinski definition) is 2. The summed E-state index contributed by atoms with van der Waals surface area (Å²) in [7, 11) is 0. The van der Waals surface area contributed by atoms with Crippen LogP contribution in [0.4, 0.5) is 10.1 Å². The SMILES string of the molecule is NC(=O)c1ccc(N2CCCCC2)c(F)c1. The largest absolute Gasteiger partial charge is 0.369 e. The van der Waals surface area contributed by atoms with Crippen molar-refractivity contribution >= 4 is 11.6 Å². The Morgan fingerprint density at radius 3 is 2.50 bits per heavy atom. The maximum absolute atomic E-state index is 13.7. The molecule has 1 aromatic carbocycles. The highest BCUT2D eigenvalue weighted by Gasteiger charge is 2.15. The smallest absolute Gasteiger partial charge is 0.248 e. The predicted octanol–water partition coefficient (Wildman–Crippen LogP) is 1.91. The van der Waals surface area contributed by atoms with Gasteiger partial charge < -0.3 is 10.6 Å². The lowest BCUT2D eigenvalue weighted by atomic mass is 10.1. The molecule has 1 aromatic rings. The maximum atomic E-state index is 13.7. The lowest BCUT2D eigenvalue weighted by molar-refractivity contribution is 0.1000. The number of amides is 1. The molecule has 0 spiro atoms. The normalized spacial score (nSPS) is 16.2. The average Bonchev–Trinajstić information content (AvgIpc) is 2.30. The standard InChI is InChI=1S/C12H15FN2O/c13-10-8-9(12(14)16)4-5-11(10)15-6-2-1-3-7-15/h4-5,8H,1-3,6-7H2,(H2,14,16). The first-order valence-corrected chi connectivity index (χ1v) is 5.53. The Kier molecular flexibility index (Phi) is 3.08. The third-order valence-electron chi connectivity index (χ3n) is 2.93. The van der Waals surface area contributed by atoms with Gasteiger partial charge in [0.15, 0.2) is 0 Å². The van der Waals surface area contributed by atoms with Crippen molar-refractivity contribution in [3.63, 3.8) is 0 Å². The summed E-state index contributed by atoms with van der Waals surface area (Å²) in [6, 6.07) is 4.43. The highest BCUT2D eigenvalue weighted by Crippen LogP contribution is 2.23. The molecular formula is C12H15FN2O. The number of anilines is 1. The highest BCUT2D eigenvalue weighted by molar-refractivity contribution is 5.93. The number of rotatable bonds is 2. The lowest BCUT2D eigenvalue weighted by Gasteiger charge is -2.29. The van der Waals surface area contributed by atoms with Gasteiger partial charge in [-0.15, -0.1) is 0 Å². The minimum absolute atomic E-state index is 0.221. The summed E-state index contributed by atoms with van der Waals surface area (Å²) in [5.74, 6) is -0.956. The Balaban J connectivity index is 2.24. The van der Waals surface area contributed by atoms with Crippen LogP contribution in [0.15, 0.2) is 18.2 Å². The van der Waals surface area contributed by atoms with E-state index in [1.807, 2.05) is 4.90 Å². The summed E-state index contributed by atoms with van der Waals surface area (Å²) in [6.45, 7) is 1.76. The van der Waals surface area contributed by atoms with Crippen LogP contribution in [0.5, 0.6) is 0 Å². The molecule has 1 saturated heterocycles. The van der Waals surface area contributed by atoms with Crippen molar-refractivity contribution in [2.75, 3.05) is 18.0 Å². The molecule has 1 aliphatic heterocycles. The zero-order valence-electron chi connectivity index (χ0n) is 9.08. The summed E-state index contributed by atoms with van der Waals surface area (Å²) in [6.07, 6.45) is 3.39. The number of hydrogen-bond donors (Lipinski definition) is 1. The summed E-state index contributed by atoms with van der Waals surface area (Å²) in [5, 5.41) is 0. The second-order valence-corrected chi connectivity index (χ2v) is 4.08. The molecule has 2 N–H and O–H groups in total. The number of carbonyl (C=O) groups is 1. The molecule has 1 aliphatic rings. The molecule has 16 heavy (non-hydrogen) atoms. The van der Waals surface area contributed by atoms with Crippen molar-refractivity contribution in [3.8, 4) is 0 Å². The van der Waals surface area contributed by atoms with Crippen molar-refractivity contribution in [1.82, 2.24) is 0 Å². The molecule has 0 radical (unpaired) electrons. The molecule has 1 amide bonds. The van der Waals surface area contributed by atoms with Gasteiger partial charge >= 0.3 is 0 Å². The van der Waals surface area contributed by atoms with E-state index in [-0.39, 0.29) is 11.4 Å². The predicted molar refractivity (Wildman–Crippen MR) is 61.0 cm³/mol. The van der Waals surface area contributed by atoms with E-state index in [1.165, 1.54) is 12.5 Å². The highest BCUT2D eigenvalue weighted by atomic mass is 19.1. The van der Waals surface area contributed by atoms with E-state index in [0.717, 1.165) is 25.9 Å². The second-order valence-electron chi connectivity index (χ2n) is 4.08. The van der Waals surface area contributed by atoms with Gasteiger partial charge in [0.25, 0.3) is 0 Å². The number of piperidine rings is 1. The van der Waals surface area contributed by atoms with E-state index in [1.54, 1.807) is 12.1 Å². The Hall–Kier alpha value is -1.58. The van der Waals surface area contributed by atoms with Crippen molar-refractivity contribution in [2.45, 2.75) is 19.3 Å². The van der Waals surface area contributed by atoms with Crippen LogP contribution < -0.4 is 10.6 Å². The molecule has 0 saturated carbocycles. The van der Waals surface area contributed by atoms with Gasteiger partial charge in [-0.2, -0.15) is 0 Å². The summed E-state index contributed by atoms with van der Waals surface area (Å²) < 4.78 is 13.7. The molecule has 86 valence electrons. The molecule has 3 nitrogen and oxygen atoms in total. The van der Waals surface area contributed by atoms with Crippen LogP contribution >= 0.6 is 0 Å². The molecule has 0 aliphatic carbocycles. The van der Waals surface area contributed by atoms with E-state index in [9.17, 15) is 9.18 Å². The van der Waals surface area contributed by atoms with E-state index >= 15 is 0 Å². The number of primary amides is 1. The molecule has 0 aromatic heterocycles. The number of halogens is 1. The summed E-state index contributed by atoms with van der Waals surface area (Å²) in [4.78, 5) is 12.9. The van der Waals surface area contributed by atoms with Gasteiger partial charge in [0, 0.05) is 18.7 Å². The molecule has 1 heterocycles. The number of nitrogens with zero attached hydrogens (tertiary/aromatic N) is 1. The van der Waals surface area contributed by atoms with Crippen molar-refractivity contribution in [2.24, 2.45) is 5.73 Å². The zero-order valence-corrected chi connectivity index (χ0v) is 9.08. The van der Waals surface area contributed by atoms with Gasteiger partial charge in [0.1, 0.15) is 5.82 Å². The fourth-order valence-electron chi connectivity index (χ4n) is 2.05. The minimum Gasteiger partial charge on any atom is -0.369 e. The van der Waals surface area contributed by atoms with Gasteiger partial charge in [-0.25, -0.2) is 4.39 Å². The van der Waals surface area contributed by atoms with E-state index in [2.05, 4.69) is 0 Å². The fourth-order valence-corrected chi connectivity index (χ4v) is 2.05. The molecule has 0 unspecified atom stereocenters. The van der Waals surface area contributed by atoms with Crippen LogP contribution in [-0.4, -0.2) is 19.0 Å². The first-order valence-electron chi connectivity index (χ1n) is 5.53. The first kappa shape index (κ1) is 10.9. The minimum atomic E-state index is -0.593. The van der Waals surface area contributed by atoms with Gasteiger partial charge in [0.2, 0.25) is 5.91 Å². The van der Waals surface area contributed by atoms with E-state index < -0.39 is 5.91 Å². The van der Waals surface area contributed by atoms with Gasteiger partial charge in [-0.1, -0.05) is 0 Å². The number of nitrogens with two attached hydrogens (primary N) is 1. The molecule has 2 rings (SSSR count). The van der Waals surface area contributed by atoms with Crippen LogP contribution in [0, 0.1) is 5.82 Å². The van der Waals surface area contributed by atoms with Crippen molar-refractivity contribution < 1.29 is 9.18 Å². The van der Waals surface area contributed by atoms with Gasteiger partial charge in [0.05, 0.1) is 5.69 Å².